The lowest BCUT2D eigenvalue weighted by molar-refractivity contribution is -0.145. The molecule has 0 aromatic rings. The molecule has 4 nitrogen and oxygen atoms in total. The van der Waals surface area contributed by atoms with Crippen LogP contribution in [0.2, 0.25) is 0 Å². The predicted octanol–water partition coefficient (Wildman–Crippen LogP) is 2.25. The zero-order valence-electron chi connectivity index (χ0n) is 8.37. The van der Waals surface area contributed by atoms with Crippen LogP contribution < -0.4 is 0 Å². The van der Waals surface area contributed by atoms with Crippen molar-refractivity contribution in [3.8, 4) is 0 Å². The quantitative estimate of drug-likeness (QED) is 0.703. The Balaban J connectivity index is 1.82. The lowest BCUT2D eigenvalue weighted by Crippen LogP contribution is -2.39. The molecule has 0 aromatic carbocycles. The highest BCUT2D eigenvalue weighted by atomic mass is 16.8. The predicted molar refractivity (Wildman–Crippen MR) is 50.8 cm³/mol. The normalized spacial score (nSPS) is 26.6. The van der Waals surface area contributed by atoms with E-state index in [0.29, 0.717) is 5.41 Å². The molecule has 0 aromatic heterocycles. The van der Waals surface area contributed by atoms with Crippen LogP contribution in [0.15, 0.2) is 0 Å². The molecular weight excluding hydrogens is 182 g/mol. The minimum atomic E-state index is -1.19. The number of piperidine rings is 1. The van der Waals surface area contributed by atoms with Crippen LogP contribution in [0.3, 0.4) is 0 Å². The van der Waals surface area contributed by atoms with Gasteiger partial charge in [0.05, 0.1) is 0 Å². The Morgan fingerprint density at radius 3 is 2.21 bits per heavy atom. The largest absolute Gasteiger partial charge is 0.525 e. The number of hydroxylamine groups is 2. The maximum absolute atomic E-state index is 10.3. The zero-order valence-corrected chi connectivity index (χ0v) is 8.37. The molecule has 1 saturated heterocycles. The van der Waals surface area contributed by atoms with Crippen molar-refractivity contribution in [2.45, 2.75) is 38.5 Å². The van der Waals surface area contributed by atoms with Crippen LogP contribution in [-0.4, -0.2) is 29.4 Å². The van der Waals surface area contributed by atoms with Crippen LogP contribution in [0.1, 0.15) is 38.5 Å². The number of carboxylic acid groups (broad SMARTS) is 1. The van der Waals surface area contributed by atoms with E-state index in [4.69, 9.17) is 5.11 Å². The van der Waals surface area contributed by atoms with E-state index in [1.165, 1.54) is 25.7 Å². The SMILES string of the molecule is O=C(O)ON1CCC2(CCCC2)CC1. The maximum atomic E-state index is 10.3. The highest BCUT2D eigenvalue weighted by Crippen LogP contribution is 2.46. The van der Waals surface area contributed by atoms with Crippen molar-refractivity contribution in [1.82, 2.24) is 5.06 Å². The van der Waals surface area contributed by atoms with Crippen LogP contribution in [0, 0.1) is 5.41 Å². The molecule has 1 spiro atoms. The Kier molecular flexibility index (Phi) is 2.63. The van der Waals surface area contributed by atoms with Crippen LogP contribution in [0.5, 0.6) is 0 Å². The van der Waals surface area contributed by atoms with Crippen LogP contribution in [0.25, 0.3) is 0 Å². The van der Waals surface area contributed by atoms with Crippen molar-refractivity contribution in [2.24, 2.45) is 5.41 Å². The summed E-state index contributed by atoms with van der Waals surface area (Å²) in [5.74, 6) is 0. The van der Waals surface area contributed by atoms with Gasteiger partial charge in [-0.2, -0.15) is 0 Å². The smallest absolute Gasteiger partial charge is 0.448 e. The molecule has 0 atom stereocenters. The molecule has 1 heterocycles. The number of carbonyl (C=O) groups is 1. The van der Waals surface area contributed by atoms with Crippen molar-refractivity contribution in [3.63, 3.8) is 0 Å². The molecule has 2 rings (SSSR count). The Morgan fingerprint density at radius 2 is 1.71 bits per heavy atom. The lowest BCUT2D eigenvalue weighted by atomic mass is 9.77. The monoisotopic (exact) mass is 199 g/mol. The fourth-order valence-corrected chi connectivity index (χ4v) is 2.79. The van der Waals surface area contributed by atoms with Gasteiger partial charge >= 0.3 is 6.16 Å². The first-order valence-electron chi connectivity index (χ1n) is 5.36. The summed E-state index contributed by atoms with van der Waals surface area (Å²) in [6, 6.07) is 0. The van der Waals surface area contributed by atoms with Crippen LogP contribution in [0.4, 0.5) is 4.79 Å². The third-order valence-electron chi connectivity index (χ3n) is 3.65. The average molecular weight is 199 g/mol. The highest BCUT2D eigenvalue weighted by molar-refractivity contribution is 5.56. The third kappa shape index (κ3) is 2.00. The molecule has 0 unspecified atom stereocenters. The average Bonchev–Trinajstić information content (AvgIpc) is 2.58. The molecule has 1 saturated carbocycles. The molecule has 1 aliphatic carbocycles. The van der Waals surface area contributed by atoms with Gasteiger partial charge in [-0.1, -0.05) is 12.8 Å². The van der Waals surface area contributed by atoms with E-state index in [9.17, 15) is 4.79 Å². The minimum absolute atomic E-state index is 0.526. The van der Waals surface area contributed by atoms with Gasteiger partial charge in [-0.15, -0.1) is 5.06 Å². The van der Waals surface area contributed by atoms with Gasteiger partial charge in [0.25, 0.3) is 0 Å². The summed E-state index contributed by atoms with van der Waals surface area (Å²) in [4.78, 5) is 15.0. The second kappa shape index (κ2) is 3.77. The summed E-state index contributed by atoms with van der Waals surface area (Å²) in [6.45, 7) is 1.54. The van der Waals surface area contributed by atoms with Crippen molar-refractivity contribution in [1.29, 1.82) is 0 Å². The van der Waals surface area contributed by atoms with Crippen LogP contribution in [-0.2, 0) is 4.84 Å². The van der Waals surface area contributed by atoms with E-state index in [1.807, 2.05) is 0 Å². The van der Waals surface area contributed by atoms with Crippen molar-refractivity contribution in [3.05, 3.63) is 0 Å². The van der Waals surface area contributed by atoms with E-state index >= 15 is 0 Å². The number of hydrogen-bond donors (Lipinski definition) is 1. The molecule has 1 N–H and O–H groups in total. The molecule has 80 valence electrons. The third-order valence-corrected chi connectivity index (χ3v) is 3.65. The first-order valence-corrected chi connectivity index (χ1v) is 5.36. The maximum Gasteiger partial charge on any atom is 0.525 e. The first kappa shape index (κ1) is 9.77. The van der Waals surface area contributed by atoms with Crippen molar-refractivity contribution in [2.75, 3.05) is 13.1 Å². The number of hydrogen-bond acceptors (Lipinski definition) is 3. The topological polar surface area (TPSA) is 49.8 Å². The molecule has 1 aliphatic heterocycles. The van der Waals surface area contributed by atoms with Crippen molar-refractivity contribution < 1.29 is 14.7 Å². The Morgan fingerprint density at radius 1 is 1.14 bits per heavy atom. The van der Waals surface area contributed by atoms with E-state index in [-0.39, 0.29) is 0 Å². The molecule has 14 heavy (non-hydrogen) atoms. The summed E-state index contributed by atoms with van der Waals surface area (Å²) in [6.07, 6.45) is 6.36. The Labute approximate surface area is 83.8 Å². The van der Waals surface area contributed by atoms with Crippen LogP contribution >= 0.6 is 0 Å². The summed E-state index contributed by atoms with van der Waals surface area (Å²) < 4.78 is 0. The van der Waals surface area contributed by atoms with E-state index in [0.717, 1.165) is 25.9 Å². The molecule has 0 amide bonds. The molecule has 2 fully saturated rings. The van der Waals surface area contributed by atoms with Gasteiger partial charge in [0, 0.05) is 13.1 Å². The van der Waals surface area contributed by atoms with Gasteiger partial charge in [0.15, 0.2) is 0 Å². The van der Waals surface area contributed by atoms with Gasteiger partial charge in [-0.3, -0.25) is 0 Å². The van der Waals surface area contributed by atoms with Gasteiger partial charge in [0.1, 0.15) is 0 Å². The highest BCUT2D eigenvalue weighted by Gasteiger charge is 2.37. The van der Waals surface area contributed by atoms with E-state index in [1.54, 1.807) is 5.06 Å². The molecule has 0 bridgehead atoms. The van der Waals surface area contributed by atoms with E-state index in [2.05, 4.69) is 4.84 Å². The number of rotatable bonds is 1. The second-order valence-corrected chi connectivity index (χ2v) is 4.49. The molecular formula is C10H17NO3. The van der Waals surface area contributed by atoms with Gasteiger partial charge in [-0.05, 0) is 31.1 Å². The summed E-state index contributed by atoms with van der Waals surface area (Å²) in [5, 5.41) is 10.0. The Hall–Kier alpha value is -0.770. The van der Waals surface area contributed by atoms with Gasteiger partial charge in [-0.25, -0.2) is 4.79 Å². The second-order valence-electron chi connectivity index (χ2n) is 4.49. The van der Waals surface area contributed by atoms with E-state index < -0.39 is 6.16 Å². The number of nitrogens with zero attached hydrogens (tertiary/aromatic N) is 1. The lowest BCUT2D eigenvalue weighted by Gasteiger charge is -2.37. The molecule has 2 aliphatic rings. The molecule has 0 radical (unpaired) electrons. The fraction of sp³-hybridized carbons (Fsp3) is 0.900. The molecule has 4 heteroatoms. The Bertz CT molecular complexity index is 213. The first-order chi connectivity index (χ1) is 6.70. The standard InChI is InChI=1S/C10H17NO3/c12-9(13)14-11-7-5-10(6-8-11)3-1-2-4-10/h1-8H2,(H,12,13). The van der Waals surface area contributed by atoms with Gasteiger partial charge < -0.3 is 9.94 Å². The summed E-state index contributed by atoms with van der Waals surface area (Å²) in [5.41, 5.74) is 0.526. The minimum Gasteiger partial charge on any atom is -0.448 e. The summed E-state index contributed by atoms with van der Waals surface area (Å²) >= 11 is 0. The van der Waals surface area contributed by atoms with Crippen molar-refractivity contribution >= 4 is 6.16 Å². The summed E-state index contributed by atoms with van der Waals surface area (Å²) in [7, 11) is 0. The zero-order chi connectivity index (χ0) is 10.0. The van der Waals surface area contributed by atoms with Gasteiger partial charge in [0.2, 0.25) is 0 Å². The fourth-order valence-electron chi connectivity index (χ4n) is 2.79.